The Bertz CT molecular complexity index is 1450. The first-order valence-electron chi connectivity index (χ1n) is 12.3. The van der Waals surface area contributed by atoms with E-state index in [1.165, 1.54) is 11.8 Å². The summed E-state index contributed by atoms with van der Waals surface area (Å²) >= 11 is 7.49. The summed E-state index contributed by atoms with van der Waals surface area (Å²) in [6.45, 7) is 6.52. The summed E-state index contributed by atoms with van der Waals surface area (Å²) in [6, 6.07) is 21.9. The highest BCUT2D eigenvalue weighted by atomic mass is 35.5. The summed E-state index contributed by atoms with van der Waals surface area (Å²) < 4.78 is 6.94. The molecule has 0 fully saturated rings. The van der Waals surface area contributed by atoms with E-state index in [0.29, 0.717) is 33.0 Å². The van der Waals surface area contributed by atoms with Gasteiger partial charge < -0.3 is 15.4 Å². The molecule has 3 aromatic carbocycles. The summed E-state index contributed by atoms with van der Waals surface area (Å²) in [5.74, 6) is 0.911. The third-order valence-electron chi connectivity index (χ3n) is 5.89. The van der Waals surface area contributed by atoms with E-state index in [4.69, 9.17) is 16.3 Å². The lowest BCUT2D eigenvalue weighted by molar-refractivity contribution is -0.113. The van der Waals surface area contributed by atoms with Gasteiger partial charge in [-0.25, -0.2) is 0 Å². The minimum absolute atomic E-state index is 0.00198. The number of methoxy groups -OCH3 is 1. The number of nitrogens with zero attached hydrogens (tertiary/aromatic N) is 3. The molecule has 0 aliphatic rings. The Kier molecular flexibility index (Phi) is 8.93. The topological polar surface area (TPSA) is 98.1 Å². The SMILES string of the molecule is COc1ccc(NC(=O)CSc2nnc(CNC(=O)c3ccc(C(C)(C)C)cc3)n2-c2cccc(Cl)c2)cc1. The molecule has 202 valence electrons. The van der Waals surface area contributed by atoms with Crippen molar-refractivity contribution in [1.29, 1.82) is 0 Å². The number of anilines is 1. The maximum Gasteiger partial charge on any atom is 0.251 e. The van der Waals surface area contributed by atoms with Crippen LogP contribution >= 0.6 is 23.4 Å². The zero-order valence-electron chi connectivity index (χ0n) is 22.2. The number of rotatable bonds is 9. The van der Waals surface area contributed by atoms with E-state index in [9.17, 15) is 9.59 Å². The number of thioether (sulfide) groups is 1. The van der Waals surface area contributed by atoms with Gasteiger partial charge in [-0.2, -0.15) is 0 Å². The van der Waals surface area contributed by atoms with Gasteiger partial charge in [0.05, 0.1) is 25.1 Å². The van der Waals surface area contributed by atoms with Crippen molar-refractivity contribution in [3.8, 4) is 11.4 Å². The quantitative estimate of drug-likeness (QED) is 0.246. The summed E-state index contributed by atoms with van der Waals surface area (Å²) in [5, 5.41) is 15.4. The minimum atomic E-state index is -0.218. The maximum absolute atomic E-state index is 12.9. The molecule has 0 bridgehead atoms. The molecular formula is C29H30ClN5O3S. The van der Waals surface area contributed by atoms with Crippen molar-refractivity contribution in [2.45, 2.75) is 37.9 Å². The van der Waals surface area contributed by atoms with Crippen LogP contribution in [0.25, 0.3) is 5.69 Å². The van der Waals surface area contributed by atoms with Gasteiger partial charge in [0, 0.05) is 16.3 Å². The van der Waals surface area contributed by atoms with E-state index in [2.05, 4.69) is 41.6 Å². The van der Waals surface area contributed by atoms with Crippen LogP contribution in [0.4, 0.5) is 5.69 Å². The molecule has 0 aliphatic heterocycles. The molecule has 0 radical (unpaired) electrons. The molecule has 0 spiro atoms. The third-order valence-corrected chi connectivity index (χ3v) is 7.06. The minimum Gasteiger partial charge on any atom is -0.497 e. The Labute approximate surface area is 237 Å². The molecule has 0 unspecified atom stereocenters. The van der Waals surface area contributed by atoms with E-state index >= 15 is 0 Å². The second-order valence-electron chi connectivity index (χ2n) is 9.79. The van der Waals surface area contributed by atoms with E-state index in [0.717, 1.165) is 11.3 Å². The van der Waals surface area contributed by atoms with Gasteiger partial charge in [0.15, 0.2) is 11.0 Å². The first kappa shape index (κ1) is 28.2. The second kappa shape index (κ2) is 12.4. The van der Waals surface area contributed by atoms with Gasteiger partial charge in [0.1, 0.15) is 5.75 Å². The highest BCUT2D eigenvalue weighted by Crippen LogP contribution is 2.25. The molecule has 1 aromatic heterocycles. The summed E-state index contributed by atoms with van der Waals surface area (Å²) in [7, 11) is 1.59. The number of carbonyl (C=O) groups is 2. The number of ether oxygens (including phenoxy) is 1. The van der Waals surface area contributed by atoms with Gasteiger partial charge in [-0.1, -0.05) is 62.3 Å². The van der Waals surface area contributed by atoms with Gasteiger partial charge >= 0.3 is 0 Å². The van der Waals surface area contributed by atoms with Crippen LogP contribution in [-0.2, 0) is 16.8 Å². The van der Waals surface area contributed by atoms with Crippen molar-refractivity contribution in [2.75, 3.05) is 18.2 Å². The Morgan fingerprint density at radius 2 is 1.72 bits per heavy atom. The molecule has 0 aliphatic carbocycles. The summed E-state index contributed by atoms with van der Waals surface area (Å²) in [5.41, 5.74) is 3.10. The Hall–Kier alpha value is -3.82. The average molecular weight is 564 g/mol. The monoisotopic (exact) mass is 563 g/mol. The Morgan fingerprint density at radius 3 is 2.36 bits per heavy atom. The number of nitrogens with one attached hydrogen (secondary N) is 2. The normalized spacial score (nSPS) is 11.2. The number of benzene rings is 3. The lowest BCUT2D eigenvalue weighted by atomic mass is 9.87. The summed E-state index contributed by atoms with van der Waals surface area (Å²) in [4.78, 5) is 25.5. The number of hydrogen-bond acceptors (Lipinski definition) is 6. The van der Waals surface area contributed by atoms with Crippen LogP contribution in [0.2, 0.25) is 5.02 Å². The van der Waals surface area contributed by atoms with E-state index in [1.807, 2.05) is 36.4 Å². The Balaban J connectivity index is 1.47. The molecule has 2 N–H and O–H groups in total. The number of hydrogen-bond donors (Lipinski definition) is 2. The van der Waals surface area contributed by atoms with Crippen LogP contribution in [0.1, 0.15) is 42.5 Å². The van der Waals surface area contributed by atoms with E-state index < -0.39 is 0 Å². The predicted molar refractivity (Wildman–Crippen MR) is 155 cm³/mol. The number of halogens is 1. The zero-order chi connectivity index (χ0) is 28.0. The van der Waals surface area contributed by atoms with Gasteiger partial charge in [-0.15, -0.1) is 10.2 Å². The summed E-state index contributed by atoms with van der Waals surface area (Å²) in [6.07, 6.45) is 0. The van der Waals surface area contributed by atoms with Crippen LogP contribution < -0.4 is 15.4 Å². The molecule has 8 nitrogen and oxygen atoms in total. The maximum atomic E-state index is 12.9. The Morgan fingerprint density at radius 1 is 1.00 bits per heavy atom. The number of aromatic nitrogens is 3. The van der Waals surface area contributed by atoms with Crippen molar-refractivity contribution in [3.05, 3.63) is 94.8 Å². The smallest absolute Gasteiger partial charge is 0.251 e. The lowest BCUT2D eigenvalue weighted by Gasteiger charge is -2.19. The fraction of sp³-hybridized carbons (Fsp3) is 0.241. The molecule has 4 rings (SSSR count). The standard InChI is InChI=1S/C29H30ClN5O3S/c1-29(2,3)20-10-8-19(9-11-20)27(37)31-17-25-33-34-28(35(25)23-7-5-6-21(30)16-23)39-18-26(36)32-22-12-14-24(38-4)15-13-22/h5-16H,17-18H2,1-4H3,(H,31,37)(H,32,36). The van der Waals surface area contributed by atoms with Crippen molar-refractivity contribution < 1.29 is 14.3 Å². The van der Waals surface area contributed by atoms with Crippen molar-refractivity contribution in [1.82, 2.24) is 20.1 Å². The van der Waals surface area contributed by atoms with E-state index in [-0.39, 0.29) is 29.5 Å². The van der Waals surface area contributed by atoms with Crippen molar-refractivity contribution in [2.24, 2.45) is 0 Å². The van der Waals surface area contributed by atoms with E-state index in [1.54, 1.807) is 48.1 Å². The van der Waals surface area contributed by atoms with Gasteiger partial charge in [0.2, 0.25) is 5.91 Å². The van der Waals surface area contributed by atoms with Crippen molar-refractivity contribution in [3.63, 3.8) is 0 Å². The average Bonchev–Trinajstić information content (AvgIpc) is 3.33. The predicted octanol–water partition coefficient (Wildman–Crippen LogP) is 5.89. The third kappa shape index (κ3) is 7.40. The molecule has 0 saturated heterocycles. The van der Waals surface area contributed by atoms with Gasteiger partial charge in [0.25, 0.3) is 5.91 Å². The van der Waals surface area contributed by atoms with Crippen LogP contribution in [-0.4, -0.2) is 39.4 Å². The molecule has 2 amide bonds. The molecule has 0 saturated carbocycles. The molecular weight excluding hydrogens is 534 g/mol. The highest BCUT2D eigenvalue weighted by molar-refractivity contribution is 7.99. The van der Waals surface area contributed by atoms with Gasteiger partial charge in [-0.05, 0) is 65.6 Å². The van der Waals surface area contributed by atoms with Crippen LogP contribution in [0.5, 0.6) is 5.75 Å². The van der Waals surface area contributed by atoms with Crippen LogP contribution in [0.15, 0.2) is 78.0 Å². The lowest BCUT2D eigenvalue weighted by Crippen LogP contribution is -2.25. The van der Waals surface area contributed by atoms with Crippen LogP contribution in [0.3, 0.4) is 0 Å². The largest absolute Gasteiger partial charge is 0.497 e. The first-order valence-corrected chi connectivity index (χ1v) is 13.7. The number of carbonyl (C=O) groups excluding carboxylic acids is 2. The molecule has 10 heteroatoms. The molecule has 4 aromatic rings. The van der Waals surface area contributed by atoms with Crippen LogP contribution in [0, 0.1) is 0 Å². The molecule has 39 heavy (non-hydrogen) atoms. The second-order valence-corrected chi connectivity index (χ2v) is 11.2. The zero-order valence-corrected chi connectivity index (χ0v) is 23.8. The van der Waals surface area contributed by atoms with Gasteiger partial charge in [-0.3, -0.25) is 14.2 Å². The fourth-order valence-electron chi connectivity index (χ4n) is 3.77. The molecule has 0 atom stereocenters. The fourth-order valence-corrected chi connectivity index (χ4v) is 4.72. The highest BCUT2D eigenvalue weighted by Gasteiger charge is 2.18. The number of amides is 2. The van der Waals surface area contributed by atoms with Crippen molar-refractivity contribution >= 4 is 40.9 Å². The molecule has 1 heterocycles. The first-order chi connectivity index (χ1) is 18.6.